The van der Waals surface area contributed by atoms with E-state index in [0.717, 1.165) is 24.6 Å². The van der Waals surface area contributed by atoms with Crippen LogP contribution in [0.5, 0.6) is 0 Å². The van der Waals surface area contributed by atoms with E-state index in [1.165, 1.54) is 0 Å². The van der Waals surface area contributed by atoms with Gasteiger partial charge in [-0.1, -0.05) is 6.92 Å². The van der Waals surface area contributed by atoms with Gasteiger partial charge < -0.3 is 10.6 Å². The van der Waals surface area contributed by atoms with Gasteiger partial charge in [-0.3, -0.25) is 4.79 Å². The number of anilines is 1. The summed E-state index contributed by atoms with van der Waals surface area (Å²) in [5, 5.41) is 5.40. The van der Waals surface area contributed by atoms with Crippen LogP contribution in [0.15, 0.2) is 18.2 Å². The molecule has 3 nitrogen and oxygen atoms in total. The molecule has 0 spiro atoms. The van der Waals surface area contributed by atoms with Gasteiger partial charge in [0.25, 0.3) is 0 Å². The number of benzene rings is 1. The highest BCUT2D eigenvalue weighted by molar-refractivity contribution is 5.92. The summed E-state index contributed by atoms with van der Waals surface area (Å²) in [5.74, 6) is -1.75. The number of amides is 1. The fourth-order valence-corrected chi connectivity index (χ4v) is 1.24. The molecule has 0 fully saturated rings. The molecule has 1 unspecified atom stereocenters. The monoisotopic (exact) mass is 242 g/mol. The molecule has 1 aromatic carbocycles. The first-order chi connectivity index (χ1) is 8.01. The summed E-state index contributed by atoms with van der Waals surface area (Å²) in [4.78, 5) is 11.4. The van der Waals surface area contributed by atoms with Gasteiger partial charge >= 0.3 is 0 Å². The van der Waals surface area contributed by atoms with Crippen LogP contribution in [-0.2, 0) is 4.79 Å². The Kier molecular flexibility index (Phi) is 5.03. The molecule has 1 aromatic rings. The number of hydrogen-bond donors (Lipinski definition) is 2. The second-order valence-corrected chi connectivity index (χ2v) is 3.90. The number of hydrogen-bond acceptors (Lipinski definition) is 2. The van der Waals surface area contributed by atoms with Crippen molar-refractivity contribution in [2.45, 2.75) is 26.3 Å². The highest BCUT2D eigenvalue weighted by atomic mass is 19.1. The average Bonchev–Trinajstić information content (AvgIpc) is 2.24. The van der Waals surface area contributed by atoms with Crippen molar-refractivity contribution in [1.29, 1.82) is 0 Å². The highest BCUT2D eigenvalue weighted by Crippen LogP contribution is 2.12. The molecule has 0 saturated heterocycles. The van der Waals surface area contributed by atoms with E-state index in [2.05, 4.69) is 10.6 Å². The van der Waals surface area contributed by atoms with Crippen LogP contribution in [0.4, 0.5) is 14.5 Å². The Bertz CT molecular complexity index is 376. The fourth-order valence-electron chi connectivity index (χ4n) is 1.24. The number of carbonyl (C=O) groups excluding carboxylic acids is 1. The first-order valence-corrected chi connectivity index (χ1v) is 5.50. The molecule has 2 N–H and O–H groups in total. The number of nitrogens with one attached hydrogen (secondary N) is 2. The lowest BCUT2D eigenvalue weighted by molar-refractivity contribution is -0.115. The standard InChI is InChI=1S/C12H16F2N2O/c1-3-8(2)15-7-12(17)16-11-5-9(13)4-10(14)6-11/h4-6,8,15H,3,7H2,1-2H3,(H,16,17). The fraction of sp³-hybridized carbons (Fsp3) is 0.417. The molecule has 0 aromatic heterocycles. The van der Waals surface area contributed by atoms with E-state index in [1.54, 1.807) is 0 Å². The Morgan fingerprint density at radius 2 is 1.88 bits per heavy atom. The maximum Gasteiger partial charge on any atom is 0.238 e. The molecule has 0 radical (unpaired) electrons. The van der Waals surface area contributed by atoms with E-state index in [0.29, 0.717) is 0 Å². The SMILES string of the molecule is CCC(C)NCC(=O)Nc1cc(F)cc(F)c1. The maximum atomic E-state index is 12.8. The predicted molar refractivity (Wildman–Crippen MR) is 62.7 cm³/mol. The Morgan fingerprint density at radius 1 is 1.29 bits per heavy atom. The lowest BCUT2D eigenvalue weighted by atomic mass is 10.2. The van der Waals surface area contributed by atoms with Crippen LogP contribution in [0.25, 0.3) is 0 Å². The van der Waals surface area contributed by atoms with Crippen LogP contribution < -0.4 is 10.6 Å². The van der Waals surface area contributed by atoms with Gasteiger partial charge in [0.2, 0.25) is 5.91 Å². The highest BCUT2D eigenvalue weighted by Gasteiger charge is 2.06. The van der Waals surface area contributed by atoms with E-state index < -0.39 is 11.6 Å². The third-order valence-corrected chi connectivity index (χ3v) is 2.37. The van der Waals surface area contributed by atoms with Crippen LogP contribution in [0, 0.1) is 11.6 Å². The quantitative estimate of drug-likeness (QED) is 0.831. The van der Waals surface area contributed by atoms with Crippen molar-refractivity contribution in [1.82, 2.24) is 5.32 Å². The van der Waals surface area contributed by atoms with Gasteiger partial charge in [-0.2, -0.15) is 0 Å². The van der Waals surface area contributed by atoms with Gasteiger partial charge in [-0.25, -0.2) is 8.78 Å². The van der Waals surface area contributed by atoms with E-state index in [1.807, 2.05) is 13.8 Å². The zero-order valence-corrected chi connectivity index (χ0v) is 9.89. The molecule has 0 bridgehead atoms. The van der Waals surface area contributed by atoms with E-state index >= 15 is 0 Å². The minimum absolute atomic E-state index is 0.118. The molecule has 1 rings (SSSR count). The Hall–Kier alpha value is -1.49. The minimum Gasteiger partial charge on any atom is -0.325 e. The summed E-state index contributed by atoms with van der Waals surface area (Å²) in [6.45, 7) is 4.07. The Morgan fingerprint density at radius 3 is 2.41 bits per heavy atom. The van der Waals surface area contributed by atoms with Gasteiger partial charge in [-0.05, 0) is 25.5 Å². The lowest BCUT2D eigenvalue weighted by Gasteiger charge is -2.11. The van der Waals surface area contributed by atoms with Crippen molar-refractivity contribution in [3.63, 3.8) is 0 Å². The third kappa shape index (κ3) is 4.91. The van der Waals surface area contributed by atoms with E-state index in [4.69, 9.17) is 0 Å². The summed E-state index contributed by atoms with van der Waals surface area (Å²) >= 11 is 0. The predicted octanol–water partition coefficient (Wildman–Crippen LogP) is 2.29. The molecule has 1 amide bonds. The maximum absolute atomic E-state index is 12.8. The van der Waals surface area contributed by atoms with Gasteiger partial charge in [0.1, 0.15) is 11.6 Å². The van der Waals surface area contributed by atoms with E-state index in [-0.39, 0.29) is 24.2 Å². The molecule has 0 saturated carbocycles. The molecule has 0 aliphatic heterocycles. The molecule has 0 heterocycles. The normalized spacial score (nSPS) is 12.2. The van der Waals surface area contributed by atoms with Crippen molar-refractivity contribution in [2.24, 2.45) is 0 Å². The number of halogens is 2. The molecule has 1 atom stereocenters. The molecule has 0 aliphatic rings. The van der Waals surface area contributed by atoms with Crippen molar-refractivity contribution in [2.75, 3.05) is 11.9 Å². The molecule has 94 valence electrons. The summed E-state index contributed by atoms with van der Waals surface area (Å²) in [6, 6.07) is 3.13. The smallest absolute Gasteiger partial charge is 0.238 e. The molecule has 17 heavy (non-hydrogen) atoms. The van der Waals surface area contributed by atoms with Crippen molar-refractivity contribution < 1.29 is 13.6 Å². The zero-order valence-electron chi connectivity index (χ0n) is 9.89. The molecular weight excluding hydrogens is 226 g/mol. The molecule has 5 heteroatoms. The van der Waals surface area contributed by atoms with Crippen molar-refractivity contribution in [3.8, 4) is 0 Å². The average molecular weight is 242 g/mol. The summed E-state index contributed by atoms with van der Waals surface area (Å²) in [6.07, 6.45) is 0.905. The van der Waals surface area contributed by atoms with Crippen LogP contribution in [-0.4, -0.2) is 18.5 Å². The van der Waals surface area contributed by atoms with Crippen LogP contribution >= 0.6 is 0 Å². The van der Waals surface area contributed by atoms with E-state index in [9.17, 15) is 13.6 Å². The zero-order chi connectivity index (χ0) is 12.8. The lowest BCUT2D eigenvalue weighted by Crippen LogP contribution is -2.34. The summed E-state index contributed by atoms with van der Waals surface area (Å²) < 4.78 is 25.7. The summed E-state index contributed by atoms with van der Waals surface area (Å²) in [5.41, 5.74) is 0.124. The van der Waals surface area contributed by atoms with Crippen LogP contribution in [0.2, 0.25) is 0 Å². The third-order valence-electron chi connectivity index (χ3n) is 2.37. The second kappa shape index (κ2) is 6.30. The first kappa shape index (κ1) is 13.6. The topological polar surface area (TPSA) is 41.1 Å². The molecular formula is C12H16F2N2O. The largest absolute Gasteiger partial charge is 0.325 e. The van der Waals surface area contributed by atoms with Crippen LogP contribution in [0.1, 0.15) is 20.3 Å². The van der Waals surface area contributed by atoms with Crippen LogP contribution in [0.3, 0.4) is 0 Å². The second-order valence-electron chi connectivity index (χ2n) is 3.90. The minimum atomic E-state index is -0.713. The summed E-state index contributed by atoms with van der Waals surface area (Å²) in [7, 11) is 0. The first-order valence-electron chi connectivity index (χ1n) is 5.50. The molecule has 0 aliphatic carbocycles. The van der Waals surface area contributed by atoms with Gasteiger partial charge in [0.15, 0.2) is 0 Å². The van der Waals surface area contributed by atoms with Gasteiger partial charge in [-0.15, -0.1) is 0 Å². The Balaban J connectivity index is 2.50. The Labute approximate surface area is 99.2 Å². The number of carbonyl (C=O) groups is 1. The number of rotatable bonds is 5. The van der Waals surface area contributed by atoms with Gasteiger partial charge in [0.05, 0.1) is 6.54 Å². The van der Waals surface area contributed by atoms with Gasteiger partial charge in [0, 0.05) is 17.8 Å². The van der Waals surface area contributed by atoms with Crippen molar-refractivity contribution in [3.05, 3.63) is 29.8 Å². The van der Waals surface area contributed by atoms with Crippen molar-refractivity contribution >= 4 is 11.6 Å².